The molecule has 4 nitrogen and oxygen atoms in total. The van der Waals surface area contributed by atoms with Gasteiger partial charge < -0.3 is 14.8 Å². The first kappa shape index (κ1) is 15.3. The van der Waals surface area contributed by atoms with Crippen LogP contribution in [0.15, 0.2) is 30.3 Å². The number of para-hydroxylation sites is 1. The minimum absolute atomic E-state index is 0.0743. The van der Waals surface area contributed by atoms with E-state index < -0.39 is 0 Å². The number of benzene rings is 1. The zero-order valence-electron chi connectivity index (χ0n) is 13.2. The summed E-state index contributed by atoms with van der Waals surface area (Å²) < 4.78 is 11.2. The summed E-state index contributed by atoms with van der Waals surface area (Å²) in [4.78, 5) is 12.5. The van der Waals surface area contributed by atoms with Gasteiger partial charge in [0, 0.05) is 19.1 Å². The van der Waals surface area contributed by atoms with Gasteiger partial charge in [-0.1, -0.05) is 25.1 Å². The number of carbonyl (C=O) groups excluding carboxylic acids is 1. The molecule has 0 unspecified atom stereocenters. The third-order valence-electron chi connectivity index (χ3n) is 5.03. The molecule has 0 bridgehead atoms. The lowest BCUT2D eigenvalue weighted by molar-refractivity contribution is -0.124. The fraction of sp³-hybridized carbons (Fsp3) is 0.611. The normalized spacial score (nSPS) is 23.8. The van der Waals surface area contributed by atoms with Crippen LogP contribution in [0.4, 0.5) is 0 Å². The quantitative estimate of drug-likeness (QED) is 0.879. The van der Waals surface area contributed by atoms with Crippen molar-refractivity contribution < 1.29 is 14.3 Å². The van der Waals surface area contributed by atoms with Gasteiger partial charge in [0.1, 0.15) is 12.4 Å². The number of rotatable bonds is 6. The van der Waals surface area contributed by atoms with Crippen molar-refractivity contribution in [2.45, 2.75) is 38.6 Å². The van der Waals surface area contributed by atoms with Gasteiger partial charge in [0.05, 0.1) is 6.04 Å². The fourth-order valence-corrected chi connectivity index (χ4v) is 3.33. The summed E-state index contributed by atoms with van der Waals surface area (Å²) in [7, 11) is 0. The molecule has 1 spiro atoms. The predicted octanol–water partition coefficient (Wildman–Crippen LogP) is 2.78. The van der Waals surface area contributed by atoms with Gasteiger partial charge >= 0.3 is 0 Å². The second-order valence-electron chi connectivity index (χ2n) is 6.47. The predicted molar refractivity (Wildman–Crippen MR) is 84.8 cm³/mol. The Morgan fingerprint density at radius 3 is 2.77 bits per heavy atom. The van der Waals surface area contributed by atoms with E-state index in [9.17, 15) is 4.79 Å². The second kappa shape index (κ2) is 6.69. The lowest BCUT2D eigenvalue weighted by atomic mass is 9.93. The maximum absolute atomic E-state index is 12.5. The van der Waals surface area contributed by atoms with Gasteiger partial charge in [-0.3, -0.25) is 4.79 Å². The molecule has 2 fully saturated rings. The van der Waals surface area contributed by atoms with Crippen molar-refractivity contribution in [1.82, 2.24) is 5.32 Å². The second-order valence-corrected chi connectivity index (χ2v) is 6.47. The largest absolute Gasteiger partial charge is 0.491 e. The lowest BCUT2D eigenvalue weighted by Crippen LogP contribution is -2.40. The number of carbonyl (C=O) groups is 1. The Hall–Kier alpha value is -1.55. The molecular formula is C18H25NO3. The monoisotopic (exact) mass is 303 g/mol. The van der Waals surface area contributed by atoms with Crippen LogP contribution in [-0.4, -0.2) is 31.8 Å². The molecule has 3 rings (SSSR count). The molecule has 0 aromatic heterocycles. The summed E-state index contributed by atoms with van der Waals surface area (Å²) in [6.07, 6.45) is 3.96. The first-order valence-electron chi connectivity index (χ1n) is 8.29. The highest BCUT2D eigenvalue weighted by molar-refractivity contribution is 5.82. The molecule has 1 N–H and O–H groups in total. The molecular weight excluding hydrogens is 278 g/mol. The van der Waals surface area contributed by atoms with E-state index in [0.29, 0.717) is 6.61 Å². The van der Waals surface area contributed by atoms with Crippen molar-refractivity contribution in [2.75, 3.05) is 19.8 Å². The summed E-state index contributed by atoms with van der Waals surface area (Å²) in [5.74, 6) is 1.23. The molecule has 1 heterocycles. The Kier molecular flexibility index (Phi) is 4.67. The van der Waals surface area contributed by atoms with E-state index >= 15 is 0 Å². The standard InChI is InChI=1S/C18H25NO3/c1-2-14(13-22-15-6-4-3-5-7-15)19-17(20)16-12-18(16)8-10-21-11-9-18/h3-7,14,16H,2,8-13H2,1H3,(H,19,20)/t14-,16-/m1/s1. The smallest absolute Gasteiger partial charge is 0.224 e. The van der Waals surface area contributed by atoms with E-state index in [-0.39, 0.29) is 23.3 Å². The average Bonchev–Trinajstić information content (AvgIpc) is 3.26. The van der Waals surface area contributed by atoms with Crippen molar-refractivity contribution in [3.05, 3.63) is 30.3 Å². The molecule has 1 saturated carbocycles. The molecule has 1 amide bonds. The first-order valence-corrected chi connectivity index (χ1v) is 8.29. The molecule has 1 saturated heterocycles. The number of ether oxygens (including phenoxy) is 2. The average molecular weight is 303 g/mol. The summed E-state index contributed by atoms with van der Waals surface area (Å²) in [5.41, 5.74) is 0.237. The summed E-state index contributed by atoms with van der Waals surface area (Å²) in [6, 6.07) is 9.82. The number of nitrogens with one attached hydrogen (secondary N) is 1. The highest BCUT2D eigenvalue weighted by atomic mass is 16.5. The third-order valence-corrected chi connectivity index (χ3v) is 5.03. The van der Waals surface area contributed by atoms with Gasteiger partial charge in [0.25, 0.3) is 0 Å². The van der Waals surface area contributed by atoms with Crippen molar-refractivity contribution in [1.29, 1.82) is 0 Å². The third kappa shape index (κ3) is 3.43. The van der Waals surface area contributed by atoms with Crippen molar-refractivity contribution >= 4 is 5.91 Å². The van der Waals surface area contributed by atoms with Crippen LogP contribution in [0, 0.1) is 11.3 Å². The topological polar surface area (TPSA) is 47.6 Å². The van der Waals surface area contributed by atoms with E-state index in [0.717, 1.165) is 44.6 Å². The molecule has 1 aliphatic carbocycles. The van der Waals surface area contributed by atoms with E-state index in [2.05, 4.69) is 12.2 Å². The zero-order valence-corrected chi connectivity index (χ0v) is 13.2. The Morgan fingerprint density at radius 1 is 1.36 bits per heavy atom. The molecule has 2 atom stereocenters. The van der Waals surface area contributed by atoms with E-state index in [4.69, 9.17) is 9.47 Å². The van der Waals surface area contributed by atoms with Crippen LogP contribution in [0.2, 0.25) is 0 Å². The molecule has 1 aliphatic heterocycles. The summed E-state index contributed by atoms with van der Waals surface area (Å²) >= 11 is 0. The van der Waals surface area contributed by atoms with E-state index in [1.165, 1.54) is 0 Å². The zero-order chi connectivity index (χ0) is 15.4. The lowest BCUT2D eigenvalue weighted by Gasteiger charge is -2.23. The number of hydrogen-bond acceptors (Lipinski definition) is 3. The fourth-order valence-electron chi connectivity index (χ4n) is 3.33. The Balaban J connectivity index is 1.47. The summed E-state index contributed by atoms with van der Waals surface area (Å²) in [5, 5.41) is 3.17. The van der Waals surface area contributed by atoms with Crippen LogP contribution in [0.3, 0.4) is 0 Å². The van der Waals surface area contributed by atoms with Gasteiger partial charge in [-0.2, -0.15) is 0 Å². The van der Waals surface area contributed by atoms with Gasteiger partial charge in [0.15, 0.2) is 0 Å². The number of hydrogen-bond donors (Lipinski definition) is 1. The Labute approximate surface area is 132 Å². The van der Waals surface area contributed by atoms with Gasteiger partial charge in [-0.05, 0) is 43.2 Å². The molecule has 1 aromatic rings. The van der Waals surface area contributed by atoms with Crippen molar-refractivity contribution in [2.24, 2.45) is 11.3 Å². The van der Waals surface area contributed by atoms with E-state index in [1.807, 2.05) is 30.3 Å². The highest BCUT2D eigenvalue weighted by Gasteiger charge is 2.58. The molecule has 4 heteroatoms. The SMILES string of the molecule is CC[C@H](COc1ccccc1)NC(=O)[C@H]1CC12CCOCC2. The number of amides is 1. The van der Waals surface area contributed by atoms with Crippen molar-refractivity contribution in [3.8, 4) is 5.75 Å². The van der Waals surface area contributed by atoms with E-state index in [1.54, 1.807) is 0 Å². The molecule has 1 aromatic carbocycles. The van der Waals surface area contributed by atoms with Crippen LogP contribution < -0.4 is 10.1 Å². The maximum atomic E-state index is 12.5. The minimum Gasteiger partial charge on any atom is -0.491 e. The van der Waals surface area contributed by atoms with Gasteiger partial charge in [-0.25, -0.2) is 0 Å². The van der Waals surface area contributed by atoms with Gasteiger partial charge in [0.2, 0.25) is 5.91 Å². The molecule has 120 valence electrons. The van der Waals surface area contributed by atoms with Crippen LogP contribution in [-0.2, 0) is 9.53 Å². The summed E-state index contributed by atoms with van der Waals surface area (Å²) in [6.45, 7) is 4.21. The van der Waals surface area contributed by atoms with Crippen molar-refractivity contribution in [3.63, 3.8) is 0 Å². The maximum Gasteiger partial charge on any atom is 0.224 e. The van der Waals surface area contributed by atoms with Gasteiger partial charge in [-0.15, -0.1) is 0 Å². The Bertz CT molecular complexity index is 496. The highest BCUT2D eigenvalue weighted by Crippen LogP contribution is 2.59. The molecule has 2 aliphatic rings. The molecule has 0 radical (unpaired) electrons. The van der Waals surface area contributed by atoms with Crippen LogP contribution in [0.1, 0.15) is 32.6 Å². The Morgan fingerprint density at radius 2 is 2.09 bits per heavy atom. The van der Waals surface area contributed by atoms with Crippen LogP contribution >= 0.6 is 0 Å². The minimum atomic E-state index is 0.0743. The van der Waals surface area contributed by atoms with Crippen LogP contribution in [0.25, 0.3) is 0 Å². The molecule has 22 heavy (non-hydrogen) atoms. The van der Waals surface area contributed by atoms with Crippen LogP contribution in [0.5, 0.6) is 5.75 Å². The first-order chi connectivity index (χ1) is 10.7.